The van der Waals surface area contributed by atoms with Gasteiger partial charge in [0.2, 0.25) is 0 Å². The average Bonchev–Trinajstić information content (AvgIpc) is 2.90. The molecule has 2 rings (SSSR count). The highest BCUT2D eigenvalue weighted by Gasteiger charge is 2.19. The van der Waals surface area contributed by atoms with E-state index >= 15 is 0 Å². The molecule has 0 unspecified atom stereocenters. The molecule has 1 aromatic carbocycles. The lowest BCUT2D eigenvalue weighted by Gasteiger charge is -2.10. The second-order valence-corrected chi connectivity index (χ2v) is 5.88. The molecule has 4 N–H and O–H groups in total. The number of sulfonamides is 1. The predicted octanol–water partition coefficient (Wildman–Crippen LogP) is 1.13. The van der Waals surface area contributed by atoms with Gasteiger partial charge in [-0.25, -0.2) is 9.37 Å². The minimum Gasteiger partial charge on any atom is -0.384 e. The van der Waals surface area contributed by atoms with Crippen LogP contribution in [0.1, 0.15) is 12.5 Å². The fraction of sp³-hybridized carbons (Fsp3) is 0.167. The number of halogens is 1. The average molecular weight is 311 g/mol. The van der Waals surface area contributed by atoms with Crippen LogP contribution in [-0.2, 0) is 16.6 Å². The Morgan fingerprint density at radius 3 is 2.81 bits per heavy atom. The standard InChI is InChI=1S/C12H14FN5O2S/c1-2-18-6-11(16-7-18)21(19,20)17-10-4-3-8(13)5-9(10)12(14)15/h3-7,17H,2H2,1H3,(H3,14,15). The van der Waals surface area contributed by atoms with Crippen molar-refractivity contribution in [2.45, 2.75) is 18.5 Å². The van der Waals surface area contributed by atoms with E-state index in [0.717, 1.165) is 12.1 Å². The van der Waals surface area contributed by atoms with Gasteiger partial charge in [0, 0.05) is 18.3 Å². The maximum atomic E-state index is 13.2. The second-order valence-electron chi connectivity index (χ2n) is 4.25. The third-order valence-corrected chi connectivity index (χ3v) is 4.02. The molecule has 21 heavy (non-hydrogen) atoms. The van der Waals surface area contributed by atoms with E-state index < -0.39 is 21.7 Å². The number of nitrogens with two attached hydrogens (primary N) is 1. The Balaban J connectivity index is 2.39. The Morgan fingerprint density at radius 1 is 1.52 bits per heavy atom. The number of benzene rings is 1. The Bertz CT molecular complexity index is 785. The molecule has 1 aromatic heterocycles. The normalized spacial score (nSPS) is 11.3. The van der Waals surface area contributed by atoms with Gasteiger partial charge in [-0.3, -0.25) is 10.1 Å². The molecule has 9 heteroatoms. The molecule has 0 fully saturated rings. The molecule has 112 valence electrons. The molecule has 0 aliphatic carbocycles. The number of nitrogens with one attached hydrogen (secondary N) is 2. The summed E-state index contributed by atoms with van der Waals surface area (Å²) in [5.41, 5.74) is 5.32. The first-order valence-electron chi connectivity index (χ1n) is 6.02. The lowest BCUT2D eigenvalue weighted by Crippen LogP contribution is -2.19. The second kappa shape index (κ2) is 5.52. The molecular formula is C12H14FN5O2S. The zero-order valence-electron chi connectivity index (χ0n) is 11.2. The summed E-state index contributed by atoms with van der Waals surface area (Å²) in [7, 11) is -3.93. The Labute approximate surface area is 121 Å². The van der Waals surface area contributed by atoms with Crippen molar-refractivity contribution in [3.05, 3.63) is 42.1 Å². The zero-order chi connectivity index (χ0) is 15.6. The van der Waals surface area contributed by atoms with Crippen molar-refractivity contribution in [2.24, 2.45) is 5.73 Å². The Hall–Kier alpha value is -2.42. The van der Waals surface area contributed by atoms with Gasteiger partial charge in [-0.1, -0.05) is 0 Å². The summed E-state index contributed by atoms with van der Waals surface area (Å²) in [5.74, 6) is -1.05. The van der Waals surface area contributed by atoms with Crippen LogP contribution in [0.4, 0.5) is 10.1 Å². The van der Waals surface area contributed by atoms with Crippen molar-refractivity contribution in [3.8, 4) is 0 Å². The number of aromatic nitrogens is 2. The third-order valence-electron chi connectivity index (χ3n) is 2.77. The summed E-state index contributed by atoms with van der Waals surface area (Å²) in [6, 6.07) is 3.28. The van der Waals surface area contributed by atoms with Gasteiger partial charge >= 0.3 is 0 Å². The van der Waals surface area contributed by atoms with Gasteiger partial charge in [-0.05, 0) is 25.1 Å². The molecule has 0 atom stereocenters. The number of nitrogen functional groups attached to an aromatic ring is 1. The molecule has 0 aliphatic heterocycles. The molecule has 0 spiro atoms. The van der Waals surface area contributed by atoms with E-state index in [9.17, 15) is 12.8 Å². The summed E-state index contributed by atoms with van der Waals surface area (Å²) in [6.07, 6.45) is 2.77. The maximum Gasteiger partial charge on any atom is 0.280 e. The summed E-state index contributed by atoms with van der Waals surface area (Å²) in [6.45, 7) is 2.43. The summed E-state index contributed by atoms with van der Waals surface area (Å²) in [4.78, 5) is 3.80. The number of anilines is 1. The molecule has 0 amide bonds. The Morgan fingerprint density at radius 2 is 2.24 bits per heavy atom. The highest BCUT2D eigenvalue weighted by molar-refractivity contribution is 7.92. The van der Waals surface area contributed by atoms with Crippen LogP contribution in [0.25, 0.3) is 0 Å². The SMILES string of the molecule is CCn1cnc(S(=O)(=O)Nc2ccc(F)cc2C(=N)N)c1. The zero-order valence-corrected chi connectivity index (χ0v) is 12.0. The number of imidazole rings is 1. The van der Waals surface area contributed by atoms with Crippen LogP contribution in [0.5, 0.6) is 0 Å². The first-order valence-corrected chi connectivity index (χ1v) is 7.50. The molecule has 0 bridgehead atoms. The molecule has 0 saturated heterocycles. The van der Waals surface area contributed by atoms with Gasteiger partial charge in [0.1, 0.15) is 11.7 Å². The number of hydrogen-bond acceptors (Lipinski definition) is 4. The van der Waals surface area contributed by atoms with Gasteiger partial charge in [0.25, 0.3) is 10.0 Å². The fourth-order valence-electron chi connectivity index (χ4n) is 1.68. The van der Waals surface area contributed by atoms with Gasteiger partial charge in [-0.15, -0.1) is 0 Å². The van der Waals surface area contributed by atoms with E-state index in [2.05, 4.69) is 9.71 Å². The first kappa shape index (κ1) is 15.0. The number of hydrogen-bond donors (Lipinski definition) is 3. The highest BCUT2D eigenvalue weighted by atomic mass is 32.2. The molecule has 7 nitrogen and oxygen atoms in total. The Kier molecular flexibility index (Phi) is 3.94. The monoisotopic (exact) mass is 311 g/mol. The van der Waals surface area contributed by atoms with Crippen LogP contribution in [0.2, 0.25) is 0 Å². The van der Waals surface area contributed by atoms with E-state index in [1.807, 2.05) is 6.92 Å². The topological polar surface area (TPSA) is 114 Å². The van der Waals surface area contributed by atoms with E-state index in [-0.39, 0.29) is 16.3 Å². The number of amidine groups is 1. The smallest absolute Gasteiger partial charge is 0.280 e. The lowest BCUT2D eigenvalue weighted by atomic mass is 10.1. The maximum absolute atomic E-state index is 13.2. The van der Waals surface area contributed by atoms with Crippen molar-refractivity contribution >= 4 is 21.5 Å². The molecule has 2 aromatic rings. The van der Waals surface area contributed by atoms with E-state index in [0.29, 0.717) is 6.54 Å². The van der Waals surface area contributed by atoms with Gasteiger partial charge < -0.3 is 10.3 Å². The van der Waals surface area contributed by atoms with E-state index in [1.165, 1.54) is 18.6 Å². The summed E-state index contributed by atoms with van der Waals surface area (Å²) < 4.78 is 41.4. The van der Waals surface area contributed by atoms with Crippen molar-refractivity contribution < 1.29 is 12.8 Å². The van der Waals surface area contributed by atoms with Crippen molar-refractivity contribution in [2.75, 3.05) is 4.72 Å². The van der Waals surface area contributed by atoms with Crippen LogP contribution in [0, 0.1) is 11.2 Å². The third kappa shape index (κ3) is 3.19. The quantitative estimate of drug-likeness (QED) is 0.567. The van der Waals surface area contributed by atoms with Gasteiger partial charge in [-0.2, -0.15) is 8.42 Å². The first-order chi connectivity index (χ1) is 9.83. The molecule has 0 aliphatic rings. The minimum atomic E-state index is -3.93. The van der Waals surface area contributed by atoms with Gasteiger partial charge in [0.05, 0.1) is 12.0 Å². The summed E-state index contributed by atoms with van der Waals surface area (Å²) in [5, 5.41) is 7.21. The largest absolute Gasteiger partial charge is 0.384 e. The van der Waals surface area contributed by atoms with Crippen LogP contribution >= 0.6 is 0 Å². The molecule has 0 saturated carbocycles. The van der Waals surface area contributed by atoms with Crippen LogP contribution < -0.4 is 10.5 Å². The van der Waals surface area contributed by atoms with Crippen LogP contribution in [0.15, 0.2) is 35.7 Å². The lowest BCUT2D eigenvalue weighted by molar-refractivity contribution is 0.597. The number of aryl methyl sites for hydroxylation is 1. The number of rotatable bonds is 5. The molecular weight excluding hydrogens is 297 g/mol. The van der Waals surface area contributed by atoms with E-state index in [4.69, 9.17) is 11.1 Å². The van der Waals surface area contributed by atoms with Crippen molar-refractivity contribution in [3.63, 3.8) is 0 Å². The van der Waals surface area contributed by atoms with Crippen molar-refractivity contribution in [1.82, 2.24) is 9.55 Å². The fourth-order valence-corrected chi connectivity index (χ4v) is 2.71. The van der Waals surface area contributed by atoms with Gasteiger partial charge in [0.15, 0.2) is 5.03 Å². The molecule has 1 heterocycles. The predicted molar refractivity (Wildman–Crippen MR) is 76.1 cm³/mol. The summed E-state index contributed by atoms with van der Waals surface area (Å²) >= 11 is 0. The number of nitrogens with zero attached hydrogens (tertiary/aromatic N) is 2. The van der Waals surface area contributed by atoms with Crippen LogP contribution in [0.3, 0.4) is 0 Å². The van der Waals surface area contributed by atoms with E-state index in [1.54, 1.807) is 4.57 Å². The minimum absolute atomic E-state index is 0.0231. The van der Waals surface area contributed by atoms with Crippen molar-refractivity contribution in [1.29, 1.82) is 5.41 Å². The van der Waals surface area contributed by atoms with Crippen LogP contribution in [-0.4, -0.2) is 23.8 Å². The highest BCUT2D eigenvalue weighted by Crippen LogP contribution is 2.20. The molecule has 0 radical (unpaired) electrons.